The zero-order valence-electron chi connectivity index (χ0n) is 12.0. The zero-order chi connectivity index (χ0) is 17.7. The fraction of sp³-hybridized carbons (Fsp3) is 0.600. The van der Waals surface area contributed by atoms with E-state index in [1.54, 1.807) is 0 Å². The molecule has 0 unspecified atom stereocenters. The van der Waals surface area contributed by atoms with Crippen LogP contribution in [-0.2, 0) is 19.2 Å². The van der Waals surface area contributed by atoms with Gasteiger partial charge < -0.3 is 31.9 Å². The van der Waals surface area contributed by atoms with Crippen LogP contribution in [0.3, 0.4) is 0 Å². The van der Waals surface area contributed by atoms with Crippen molar-refractivity contribution in [3.63, 3.8) is 0 Å². The maximum absolute atomic E-state index is 9.00. The van der Waals surface area contributed by atoms with Crippen LogP contribution in [0.1, 0.15) is 27.7 Å². The van der Waals surface area contributed by atoms with Crippen LogP contribution in [-0.4, -0.2) is 212 Å². The Labute approximate surface area is 263 Å². The molecule has 23 heavy (non-hydrogen) atoms. The molecule has 10 nitrogen and oxygen atoms in total. The molecule has 0 saturated carbocycles. The van der Waals surface area contributed by atoms with Gasteiger partial charge in [-0.2, -0.15) is 0 Å². The van der Waals surface area contributed by atoms with E-state index in [9.17, 15) is 0 Å². The van der Waals surface area contributed by atoms with Gasteiger partial charge in [0.05, 0.1) is 0 Å². The number of hydrogen-bond acceptors (Lipinski definition) is 6. The van der Waals surface area contributed by atoms with Gasteiger partial charge in [0, 0.05) is 40.8 Å². The first-order valence-corrected chi connectivity index (χ1v) is 5.03. The summed E-state index contributed by atoms with van der Waals surface area (Å²) in [6.07, 6.45) is 0. The van der Waals surface area contributed by atoms with Crippen LogP contribution < -0.4 is 11.5 Å². The van der Waals surface area contributed by atoms with Gasteiger partial charge >= 0.3 is 154 Å². The van der Waals surface area contributed by atoms with E-state index in [1.165, 1.54) is 0 Å². The minimum atomic E-state index is -0.833. The Bertz CT molecular complexity index is 202. The predicted octanol–water partition coefficient (Wildman–Crippen LogP) is -2.68. The molecule has 0 aromatic heterocycles. The topological polar surface area (TPSA) is 201 Å². The standard InChI is InChI=1S/C2H8N2.4C2H4O2.3K.3H/c3-1-2-4;4*1-2(3)4;;;;;;/h1-4H2;4*1H3,(H,3,4);;;;;;. The molecule has 0 rings (SSSR count). The average Bonchev–Trinajstić information content (AvgIpc) is 2.13. The number of carboxylic acids is 4. The summed E-state index contributed by atoms with van der Waals surface area (Å²) in [6.45, 7) is 5.53. The fourth-order valence-corrected chi connectivity index (χ4v) is 0. The van der Waals surface area contributed by atoms with Crippen LogP contribution in [0.25, 0.3) is 0 Å². The molecular weight excluding hydrogens is 393 g/mol. The second kappa shape index (κ2) is 49.7. The Morgan fingerprint density at radius 2 is 0.609 bits per heavy atom. The number of hydrogen-bond donors (Lipinski definition) is 6. The Morgan fingerprint density at radius 1 is 0.565 bits per heavy atom. The molecule has 0 saturated heterocycles. The first-order valence-electron chi connectivity index (χ1n) is 5.03. The molecule has 0 radical (unpaired) electrons. The molecule has 8 N–H and O–H groups in total. The van der Waals surface area contributed by atoms with Gasteiger partial charge in [-0.3, -0.25) is 19.2 Å². The summed E-state index contributed by atoms with van der Waals surface area (Å²) in [5, 5.41) is 29.7. The van der Waals surface area contributed by atoms with E-state index in [-0.39, 0.29) is 154 Å². The van der Waals surface area contributed by atoms with Crippen molar-refractivity contribution in [1.82, 2.24) is 0 Å². The van der Waals surface area contributed by atoms with Crippen molar-refractivity contribution in [3.8, 4) is 0 Å². The molecule has 128 valence electrons. The molecule has 0 fully saturated rings. The van der Waals surface area contributed by atoms with E-state index in [0.29, 0.717) is 13.1 Å². The molecule has 0 atom stereocenters. The minimum absolute atomic E-state index is 0. The molecule has 0 amide bonds. The van der Waals surface area contributed by atoms with Gasteiger partial charge in [-0.05, 0) is 0 Å². The van der Waals surface area contributed by atoms with Crippen LogP contribution in [0.15, 0.2) is 0 Å². The predicted molar refractivity (Wildman–Crippen MR) is 92.8 cm³/mol. The van der Waals surface area contributed by atoms with Crippen LogP contribution in [0.2, 0.25) is 0 Å². The zero-order valence-corrected chi connectivity index (χ0v) is 12.0. The third-order valence-corrected chi connectivity index (χ3v) is 0.167. The summed E-state index contributed by atoms with van der Waals surface area (Å²) < 4.78 is 0. The fourth-order valence-electron chi connectivity index (χ4n) is 0. The molecule has 0 aliphatic heterocycles. The van der Waals surface area contributed by atoms with Gasteiger partial charge in [0.2, 0.25) is 0 Å². The van der Waals surface area contributed by atoms with Gasteiger partial charge in [-0.1, -0.05) is 0 Å². The molecule has 13 heteroatoms. The molecule has 0 heterocycles. The Kier molecular flexibility index (Phi) is 108. The van der Waals surface area contributed by atoms with Crippen molar-refractivity contribution in [2.45, 2.75) is 27.7 Å². The molecule has 0 aromatic carbocycles. The van der Waals surface area contributed by atoms with Crippen LogP contribution >= 0.6 is 0 Å². The van der Waals surface area contributed by atoms with E-state index in [0.717, 1.165) is 27.7 Å². The van der Waals surface area contributed by atoms with Gasteiger partial charge in [0.1, 0.15) is 0 Å². The third kappa shape index (κ3) is 926. The quantitative estimate of drug-likeness (QED) is 0.243. The number of carboxylic acid groups (broad SMARTS) is 4. The first-order chi connectivity index (χ1) is 8.84. The van der Waals surface area contributed by atoms with Crippen molar-refractivity contribution >= 4 is 178 Å². The van der Waals surface area contributed by atoms with Gasteiger partial charge in [-0.25, -0.2) is 0 Å². The first kappa shape index (κ1) is 50.1. The molecule has 0 aliphatic carbocycles. The number of carbonyl (C=O) groups is 4. The second-order valence-electron chi connectivity index (χ2n) is 2.65. The normalized spacial score (nSPS) is 5.65. The van der Waals surface area contributed by atoms with Crippen molar-refractivity contribution in [3.05, 3.63) is 0 Å². The van der Waals surface area contributed by atoms with Gasteiger partial charge in [0.15, 0.2) is 0 Å². The molecule has 0 spiro atoms. The van der Waals surface area contributed by atoms with Crippen LogP contribution in [0.5, 0.6) is 0 Å². The van der Waals surface area contributed by atoms with Crippen molar-refractivity contribution < 1.29 is 39.6 Å². The van der Waals surface area contributed by atoms with Gasteiger partial charge in [0.25, 0.3) is 23.9 Å². The summed E-state index contributed by atoms with van der Waals surface area (Å²) in [7, 11) is 0. The monoisotopic (exact) mass is 420 g/mol. The summed E-state index contributed by atoms with van der Waals surface area (Å²) >= 11 is 0. The molecule has 0 aliphatic rings. The SMILES string of the molecule is CC(=O)O.CC(=O)O.CC(=O)O.CC(=O)O.NCCN.[KH].[KH].[KH]. The molecule has 0 aromatic rings. The number of aliphatic carboxylic acids is 4. The molecular formula is C10H27K3N2O8. The van der Waals surface area contributed by atoms with E-state index in [4.69, 9.17) is 51.1 Å². The maximum atomic E-state index is 9.00. The summed E-state index contributed by atoms with van der Waals surface area (Å²) in [5.41, 5.74) is 9.81. The van der Waals surface area contributed by atoms with Gasteiger partial charge in [-0.15, -0.1) is 0 Å². The Balaban J connectivity index is -0.0000000197. The Hall–Kier alpha value is 2.71. The van der Waals surface area contributed by atoms with Crippen LogP contribution in [0.4, 0.5) is 0 Å². The van der Waals surface area contributed by atoms with E-state index in [2.05, 4.69) is 0 Å². The summed E-state index contributed by atoms with van der Waals surface area (Å²) in [4.78, 5) is 36.0. The molecule has 0 bridgehead atoms. The van der Waals surface area contributed by atoms with Crippen LogP contribution in [0, 0.1) is 0 Å². The number of nitrogens with two attached hydrogens (primary N) is 2. The number of rotatable bonds is 1. The third-order valence-electron chi connectivity index (χ3n) is 0.167. The second-order valence-corrected chi connectivity index (χ2v) is 2.65. The van der Waals surface area contributed by atoms with E-state index < -0.39 is 23.9 Å². The van der Waals surface area contributed by atoms with E-state index in [1.807, 2.05) is 0 Å². The van der Waals surface area contributed by atoms with Crippen molar-refractivity contribution in [2.24, 2.45) is 11.5 Å². The van der Waals surface area contributed by atoms with E-state index >= 15 is 0 Å². The summed E-state index contributed by atoms with van der Waals surface area (Å²) in [5.74, 6) is -3.33. The van der Waals surface area contributed by atoms with Crippen molar-refractivity contribution in [1.29, 1.82) is 0 Å². The summed E-state index contributed by atoms with van der Waals surface area (Å²) in [6, 6.07) is 0. The average molecular weight is 421 g/mol. The van der Waals surface area contributed by atoms with Crippen molar-refractivity contribution in [2.75, 3.05) is 13.1 Å². The Morgan fingerprint density at radius 3 is 0.609 bits per heavy atom.